The van der Waals surface area contributed by atoms with Crippen LogP contribution in [-0.2, 0) is 12.8 Å². The Balaban J connectivity index is 1.66. The highest BCUT2D eigenvalue weighted by Crippen LogP contribution is 2.42. The topological polar surface area (TPSA) is 69.1 Å². The predicted octanol–water partition coefficient (Wildman–Crippen LogP) is 6.37. The summed E-state index contributed by atoms with van der Waals surface area (Å²) in [4.78, 5) is 19.6. The van der Waals surface area contributed by atoms with Gasteiger partial charge in [0.15, 0.2) is 5.76 Å². The summed E-state index contributed by atoms with van der Waals surface area (Å²) in [5, 5.41) is 0.965. The highest BCUT2D eigenvalue weighted by atomic mass is 32.1. The van der Waals surface area contributed by atoms with Gasteiger partial charge < -0.3 is 10.2 Å². The minimum Gasteiger partial charge on any atom is -0.463 e. The molecule has 0 fully saturated rings. The molecule has 0 saturated heterocycles. The SMILES string of the molecule is CC(C)c1ccc(C(=O)c2sc3nc(-c4ccco4)c4c(c3c2N)CCCC4)cc1. The highest BCUT2D eigenvalue weighted by molar-refractivity contribution is 7.21. The van der Waals surface area contributed by atoms with Crippen molar-refractivity contribution in [1.82, 2.24) is 4.98 Å². The Morgan fingerprint density at radius 1 is 1.10 bits per heavy atom. The van der Waals surface area contributed by atoms with Crippen molar-refractivity contribution in [2.75, 3.05) is 5.73 Å². The summed E-state index contributed by atoms with van der Waals surface area (Å²) in [5.74, 6) is 1.17. The number of nitrogens with zero attached hydrogens (tertiary/aromatic N) is 1. The Kier molecular flexibility index (Phi) is 4.70. The van der Waals surface area contributed by atoms with Crippen LogP contribution in [0.3, 0.4) is 0 Å². The molecule has 0 saturated carbocycles. The number of anilines is 1. The van der Waals surface area contributed by atoms with E-state index in [-0.39, 0.29) is 5.78 Å². The van der Waals surface area contributed by atoms with Crippen molar-refractivity contribution in [3.05, 3.63) is 69.8 Å². The number of hydrogen-bond acceptors (Lipinski definition) is 5. The molecule has 30 heavy (non-hydrogen) atoms. The Morgan fingerprint density at radius 2 is 1.83 bits per heavy atom. The molecular formula is C25H24N2O2S. The maximum atomic E-state index is 13.3. The number of carbonyl (C=O) groups is 1. The number of benzene rings is 1. The molecule has 1 aromatic carbocycles. The van der Waals surface area contributed by atoms with Gasteiger partial charge in [0.1, 0.15) is 15.4 Å². The standard InChI is InChI=1S/C25H24N2O2S/c1-14(2)15-9-11-16(12-10-15)23(28)24-21(26)20-17-6-3-4-7-18(17)22(27-25(20)30-24)19-8-5-13-29-19/h5,8-14H,3-4,6-7,26H2,1-2H3. The number of ketones is 1. The smallest absolute Gasteiger partial charge is 0.205 e. The number of nitrogens with two attached hydrogens (primary N) is 1. The van der Waals surface area contributed by atoms with E-state index in [1.165, 1.54) is 28.0 Å². The number of fused-ring (bicyclic) bond motifs is 3. The summed E-state index contributed by atoms with van der Waals surface area (Å²) in [6.07, 6.45) is 5.85. The number of furan rings is 1. The third kappa shape index (κ3) is 3.05. The van der Waals surface area contributed by atoms with Crippen molar-refractivity contribution < 1.29 is 9.21 Å². The zero-order chi connectivity index (χ0) is 20.8. The molecule has 2 N–H and O–H groups in total. The largest absolute Gasteiger partial charge is 0.463 e. The van der Waals surface area contributed by atoms with E-state index in [4.69, 9.17) is 15.1 Å². The van der Waals surface area contributed by atoms with Crippen molar-refractivity contribution in [3.8, 4) is 11.5 Å². The molecule has 0 amide bonds. The molecule has 5 heteroatoms. The number of hydrogen-bond donors (Lipinski definition) is 1. The molecule has 0 spiro atoms. The first-order valence-electron chi connectivity index (χ1n) is 10.5. The first-order chi connectivity index (χ1) is 14.5. The predicted molar refractivity (Wildman–Crippen MR) is 122 cm³/mol. The van der Waals surface area contributed by atoms with Gasteiger partial charge >= 0.3 is 0 Å². The van der Waals surface area contributed by atoms with Crippen LogP contribution in [0.4, 0.5) is 5.69 Å². The normalized spacial score (nSPS) is 13.7. The molecule has 4 nitrogen and oxygen atoms in total. The molecule has 3 heterocycles. The number of nitrogen functional groups attached to an aromatic ring is 1. The van der Waals surface area contributed by atoms with Gasteiger partial charge in [-0.25, -0.2) is 4.98 Å². The van der Waals surface area contributed by atoms with Crippen LogP contribution in [0, 0.1) is 0 Å². The number of aryl methyl sites for hydroxylation is 1. The molecule has 0 radical (unpaired) electrons. The number of carbonyl (C=O) groups excluding carboxylic acids is 1. The Bertz CT molecular complexity index is 1230. The number of pyridine rings is 1. The van der Waals surface area contributed by atoms with Crippen molar-refractivity contribution in [2.45, 2.75) is 45.4 Å². The van der Waals surface area contributed by atoms with E-state index in [0.29, 0.717) is 22.0 Å². The van der Waals surface area contributed by atoms with Crippen LogP contribution in [0.5, 0.6) is 0 Å². The van der Waals surface area contributed by atoms with E-state index in [2.05, 4.69) is 13.8 Å². The fourth-order valence-corrected chi connectivity index (χ4v) is 5.44. The minimum absolute atomic E-state index is 0.0325. The zero-order valence-corrected chi connectivity index (χ0v) is 18.0. The summed E-state index contributed by atoms with van der Waals surface area (Å²) in [6, 6.07) is 11.7. The van der Waals surface area contributed by atoms with Gasteiger partial charge in [0.05, 0.1) is 12.0 Å². The van der Waals surface area contributed by atoms with E-state index < -0.39 is 0 Å². The highest BCUT2D eigenvalue weighted by Gasteiger charge is 2.26. The van der Waals surface area contributed by atoms with Gasteiger partial charge in [-0.2, -0.15) is 0 Å². The molecule has 4 aromatic rings. The average molecular weight is 417 g/mol. The van der Waals surface area contributed by atoms with Crippen molar-refractivity contribution in [3.63, 3.8) is 0 Å². The number of thiophene rings is 1. The molecule has 5 rings (SSSR count). The lowest BCUT2D eigenvalue weighted by Gasteiger charge is -2.19. The first kappa shape index (κ1) is 19.1. The molecule has 3 aromatic heterocycles. The lowest BCUT2D eigenvalue weighted by Crippen LogP contribution is -2.08. The second-order valence-corrected chi connectivity index (χ2v) is 9.23. The average Bonchev–Trinajstić information content (AvgIpc) is 3.41. The van der Waals surface area contributed by atoms with Crippen molar-refractivity contribution in [1.29, 1.82) is 0 Å². The maximum Gasteiger partial charge on any atom is 0.205 e. The van der Waals surface area contributed by atoms with E-state index in [1.807, 2.05) is 36.4 Å². The Hall–Kier alpha value is -2.92. The molecule has 0 atom stereocenters. The van der Waals surface area contributed by atoms with Gasteiger partial charge in [-0.05, 0) is 60.4 Å². The summed E-state index contributed by atoms with van der Waals surface area (Å²) in [6.45, 7) is 4.29. The maximum absolute atomic E-state index is 13.3. The van der Waals surface area contributed by atoms with Crippen LogP contribution in [0.2, 0.25) is 0 Å². The van der Waals surface area contributed by atoms with Crippen LogP contribution >= 0.6 is 11.3 Å². The van der Waals surface area contributed by atoms with Crippen LogP contribution in [0.15, 0.2) is 47.1 Å². The van der Waals surface area contributed by atoms with Crippen LogP contribution in [0.1, 0.15) is 64.5 Å². The molecule has 0 unspecified atom stereocenters. The second kappa shape index (κ2) is 7.40. The van der Waals surface area contributed by atoms with E-state index in [9.17, 15) is 4.79 Å². The summed E-state index contributed by atoms with van der Waals surface area (Å²) >= 11 is 1.39. The summed E-state index contributed by atoms with van der Waals surface area (Å²) < 4.78 is 5.66. The molecule has 0 aliphatic heterocycles. The Labute approximate surface area is 179 Å². The van der Waals surface area contributed by atoms with Gasteiger partial charge in [0.25, 0.3) is 0 Å². The molecule has 0 bridgehead atoms. The summed E-state index contributed by atoms with van der Waals surface area (Å²) in [7, 11) is 0. The second-order valence-electron chi connectivity index (χ2n) is 8.23. The third-order valence-corrected chi connectivity index (χ3v) is 7.09. The van der Waals surface area contributed by atoms with E-state index >= 15 is 0 Å². The molecule has 1 aliphatic carbocycles. The molecule has 152 valence electrons. The lowest BCUT2D eigenvalue weighted by molar-refractivity contribution is 0.104. The van der Waals surface area contributed by atoms with Gasteiger partial charge in [0, 0.05) is 10.9 Å². The van der Waals surface area contributed by atoms with Gasteiger partial charge in [0.2, 0.25) is 5.78 Å². The molecule has 1 aliphatic rings. The van der Waals surface area contributed by atoms with Gasteiger partial charge in [-0.15, -0.1) is 11.3 Å². The Morgan fingerprint density at radius 3 is 2.50 bits per heavy atom. The first-order valence-corrected chi connectivity index (χ1v) is 11.3. The number of aromatic nitrogens is 1. The van der Waals surface area contributed by atoms with E-state index in [1.54, 1.807) is 6.26 Å². The minimum atomic E-state index is -0.0325. The van der Waals surface area contributed by atoms with Gasteiger partial charge in [-0.3, -0.25) is 4.79 Å². The van der Waals surface area contributed by atoms with Crippen molar-refractivity contribution in [2.24, 2.45) is 0 Å². The molecular weight excluding hydrogens is 392 g/mol. The van der Waals surface area contributed by atoms with E-state index in [0.717, 1.165) is 47.4 Å². The summed E-state index contributed by atoms with van der Waals surface area (Å²) in [5.41, 5.74) is 12.4. The van der Waals surface area contributed by atoms with Crippen molar-refractivity contribution >= 4 is 33.0 Å². The zero-order valence-electron chi connectivity index (χ0n) is 17.2. The van der Waals surface area contributed by atoms with Crippen LogP contribution < -0.4 is 5.73 Å². The lowest BCUT2D eigenvalue weighted by atomic mass is 9.88. The van der Waals surface area contributed by atoms with Crippen LogP contribution in [-0.4, -0.2) is 10.8 Å². The third-order valence-electron chi connectivity index (χ3n) is 6.00. The number of rotatable bonds is 4. The van der Waals surface area contributed by atoms with Crippen LogP contribution in [0.25, 0.3) is 21.7 Å². The monoisotopic (exact) mass is 416 g/mol. The van der Waals surface area contributed by atoms with Gasteiger partial charge in [-0.1, -0.05) is 38.1 Å². The fourth-order valence-electron chi connectivity index (χ4n) is 4.35. The fraction of sp³-hybridized carbons (Fsp3) is 0.280. The quantitative estimate of drug-likeness (QED) is 0.392.